The predicted octanol–water partition coefficient (Wildman–Crippen LogP) is 7.28. The van der Waals surface area contributed by atoms with Crippen molar-refractivity contribution >= 4 is 45.7 Å². The van der Waals surface area contributed by atoms with Crippen molar-refractivity contribution in [1.82, 2.24) is 10.2 Å². The molecular weight excluding hydrogens is 623 g/mol. The maximum Gasteiger partial charge on any atom is 0.301 e. The maximum absolute atomic E-state index is 13.8. The van der Waals surface area contributed by atoms with Gasteiger partial charge in [0.25, 0.3) is 5.78 Å². The number of anilines is 1. The van der Waals surface area contributed by atoms with Gasteiger partial charge in [0.15, 0.2) is 15.8 Å². The van der Waals surface area contributed by atoms with Crippen LogP contribution in [0.25, 0.3) is 5.76 Å². The van der Waals surface area contributed by atoms with Gasteiger partial charge in [0.05, 0.1) is 24.8 Å². The summed E-state index contributed by atoms with van der Waals surface area (Å²) < 4.78 is 18.3. The fraction of sp³-hybridized carbons (Fsp3) is 0.314. The molecule has 2 aliphatic heterocycles. The molecule has 3 heterocycles. The first-order valence-electron chi connectivity index (χ1n) is 15.3. The fourth-order valence-corrected chi connectivity index (χ4v) is 7.38. The van der Waals surface area contributed by atoms with Crippen molar-refractivity contribution in [3.05, 3.63) is 94.1 Å². The number of nitrogens with zero attached hydrogens (tertiary/aromatic N) is 3. The molecule has 0 aliphatic carbocycles. The van der Waals surface area contributed by atoms with Gasteiger partial charge in [0.2, 0.25) is 5.13 Å². The van der Waals surface area contributed by atoms with Crippen LogP contribution >= 0.6 is 23.1 Å². The molecule has 1 aromatic heterocycles. The van der Waals surface area contributed by atoms with Gasteiger partial charge >= 0.3 is 5.91 Å². The van der Waals surface area contributed by atoms with Gasteiger partial charge in [-0.05, 0) is 74.2 Å². The van der Waals surface area contributed by atoms with E-state index in [-0.39, 0.29) is 22.6 Å². The summed E-state index contributed by atoms with van der Waals surface area (Å²) in [4.78, 5) is 28.9. The maximum atomic E-state index is 13.8. The molecule has 1 N–H and O–H groups in total. The number of hydrogen-bond acceptors (Lipinski definition) is 10. The Morgan fingerprint density at radius 3 is 2.61 bits per heavy atom. The van der Waals surface area contributed by atoms with E-state index in [1.165, 1.54) is 33.6 Å². The number of Topliss-reactive ketones (excluding diaryl/α,β-unsaturated/α-hetero) is 1. The molecule has 238 valence electrons. The number of carbonyl (C=O) groups is 2. The van der Waals surface area contributed by atoms with Crippen LogP contribution in [0.1, 0.15) is 61.1 Å². The molecule has 1 amide bonds. The van der Waals surface area contributed by atoms with Gasteiger partial charge in [-0.15, -0.1) is 10.2 Å². The van der Waals surface area contributed by atoms with Crippen LogP contribution in [0.2, 0.25) is 0 Å². The molecule has 2 aliphatic rings. The third kappa shape index (κ3) is 6.34. The lowest BCUT2D eigenvalue weighted by molar-refractivity contribution is -0.132. The standard InChI is InChI=1S/C35H35N3O6S2/c1-5-15-43-27-14-11-23(18-28(27)42-6-2)30-29(31(39)24-12-13-26-25(17-24)16-21(4)44-26)32(40)33(41)38(30)34-36-37-35(46-34)45-19-22-9-7-20(3)8-10-22/h7-14,17-18,21,30,39H,5-6,15-16,19H2,1-4H3/t21-,30-/m1/s1. The van der Waals surface area contributed by atoms with Crippen LogP contribution in [0.5, 0.6) is 17.2 Å². The highest BCUT2D eigenvalue weighted by molar-refractivity contribution is 8.00. The second-order valence-corrected chi connectivity index (χ2v) is 13.4. The molecular formula is C35H35N3O6S2. The van der Waals surface area contributed by atoms with Crippen LogP contribution in [0.3, 0.4) is 0 Å². The summed E-state index contributed by atoms with van der Waals surface area (Å²) in [5, 5.41) is 20.7. The monoisotopic (exact) mass is 657 g/mol. The largest absolute Gasteiger partial charge is 0.507 e. The van der Waals surface area contributed by atoms with Crippen molar-refractivity contribution in [1.29, 1.82) is 0 Å². The average Bonchev–Trinajstić information content (AvgIpc) is 3.74. The van der Waals surface area contributed by atoms with Gasteiger partial charge < -0.3 is 19.3 Å². The SMILES string of the molecule is CCCOc1ccc([C@@H]2C(=C(O)c3ccc4c(c3)C[C@@H](C)O4)C(=O)C(=O)N2c2nnc(SCc3ccc(C)cc3)s2)cc1OCC. The molecule has 1 saturated heterocycles. The Hall–Kier alpha value is -4.35. The first kappa shape index (κ1) is 31.6. The normalized spacial score (nSPS) is 18.5. The molecule has 0 spiro atoms. The Bertz CT molecular complexity index is 1800. The van der Waals surface area contributed by atoms with Crippen molar-refractivity contribution in [2.75, 3.05) is 18.1 Å². The van der Waals surface area contributed by atoms with Crippen molar-refractivity contribution in [3.8, 4) is 17.2 Å². The third-order valence-electron chi connectivity index (χ3n) is 7.74. The van der Waals surface area contributed by atoms with Gasteiger partial charge in [0.1, 0.15) is 17.6 Å². The van der Waals surface area contributed by atoms with Gasteiger partial charge in [-0.3, -0.25) is 14.5 Å². The summed E-state index contributed by atoms with van der Waals surface area (Å²) >= 11 is 2.73. The number of rotatable bonds is 11. The van der Waals surface area contributed by atoms with E-state index >= 15 is 0 Å². The second-order valence-electron chi connectivity index (χ2n) is 11.2. The lowest BCUT2D eigenvalue weighted by Gasteiger charge is -2.23. The number of hydrogen-bond donors (Lipinski definition) is 1. The van der Waals surface area contributed by atoms with E-state index < -0.39 is 17.7 Å². The van der Waals surface area contributed by atoms with Gasteiger partial charge in [-0.1, -0.05) is 65.9 Å². The Labute approximate surface area is 276 Å². The highest BCUT2D eigenvalue weighted by atomic mass is 32.2. The summed E-state index contributed by atoms with van der Waals surface area (Å²) in [5.74, 6) is 0.596. The first-order chi connectivity index (χ1) is 22.3. The van der Waals surface area contributed by atoms with Gasteiger partial charge in [0, 0.05) is 17.7 Å². The molecule has 9 nitrogen and oxygen atoms in total. The number of aromatic nitrogens is 2. The lowest BCUT2D eigenvalue weighted by Crippen LogP contribution is -2.29. The molecule has 6 rings (SSSR count). The smallest absolute Gasteiger partial charge is 0.301 e. The van der Waals surface area contributed by atoms with E-state index in [9.17, 15) is 14.7 Å². The first-order valence-corrected chi connectivity index (χ1v) is 17.1. The molecule has 11 heteroatoms. The van der Waals surface area contributed by atoms with E-state index in [2.05, 4.69) is 34.5 Å². The molecule has 46 heavy (non-hydrogen) atoms. The third-order valence-corrected chi connectivity index (χ3v) is 9.87. The number of benzene rings is 3. The zero-order valence-corrected chi connectivity index (χ0v) is 27.7. The predicted molar refractivity (Wildman–Crippen MR) is 179 cm³/mol. The van der Waals surface area contributed by atoms with Crippen molar-refractivity contribution in [2.45, 2.75) is 62.8 Å². The van der Waals surface area contributed by atoms with Gasteiger partial charge in [-0.2, -0.15) is 0 Å². The minimum Gasteiger partial charge on any atom is -0.507 e. The van der Waals surface area contributed by atoms with Crippen LogP contribution in [0, 0.1) is 6.92 Å². The van der Waals surface area contributed by atoms with Crippen molar-refractivity contribution in [3.63, 3.8) is 0 Å². The number of thioether (sulfide) groups is 1. The molecule has 0 unspecified atom stereocenters. The van der Waals surface area contributed by atoms with E-state index in [1.807, 2.05) is 33.8 Å². The molecule has 0 radical (unpaired) electrons. The Morgan fingerprint density at radius 2 is 1.85 bits per heavy atom. The second kappa shape index (κ2) is 13.6. The van der Waals surface area contributed by atoms with Crippen molar-refractivity contribution < 1.29 is 28.9 Å². The zero-order chi connectivity index (χ0) is 32.4. The summed E-state index contributed by atoms with van der Waals surface area (Å²) in [6.45, 7) is 8.80. The number of carbonyl (C=O) groups excluding carboxylic acids is 2. The Balaban J connectivity index is 1.42. The van der Waals surface area contributed by atoms with Crippen LogP contribution in [0.15, 0.2) is 70.6 Å². The van der Waals surface area contributed by atoms with E-state index in [0.717, 1.165) is 23.3 Å². The summed E-state index contributed by atoms with van der Waals surface area (Å²) in [6.07, 6.45) is 1.51. The molecule has 4 aromatic rings. The number of amides is 1. The average molecular weight is 658 g/mol. The Morgan fingerprint density at radius 1 is 1.04 bits per heavy atom. The van der Waals surface area contributed by atoms with Crippen LogP contribution in [-0.2, 0) is 21.8 Å². The minimum absolute atomic E-state index is 0.0129. The lowest BCUT2D eigenvalue weighted by atomic mass is 9.94. The number of ketones is 1. The number of fused-ring (bicyclic) bond motifs is 1. The molecule has 2 atom stereocenters. The highest BCUT2D eigenvalue weighted by Crippen LogP contribution is 2.46. The number of aliphatic hydroxyl groups excluding tert-OH is 1. The summed E-state index contributed by atoms with van der Waals surface area (Å²) in [5.41, 5.74) is 4.20. The van der Waals surface area contributed by atoms with E-state index in [4.69, 9.17) is 14.2 Å². The highest BCUT2D eigenvalue weighted by Gasteiger charge is 2.48. The van der Waals surface area contributed by atoms with Crippen LogP contribution < -0.4 is 19.1 Å². The van der Waals surface area contributed by atoms with E-state index in [1.54, 1.807) is 30.3 Å². The number of aryl methyl sites for hydroxylation is 1. The molecule has 3 aromatic carbocycles. The fourth-order valence-electron chi connectivity index (χ4n) is 5.55. The topological polar surface area (TPSA) is 111 Å². The molecule has 0 saturated carbocycles. The van der Waals surface area contributed by atoms with Gasteiger partial charge in [-0.25, -0.2) is 0 Å². The van der Waals surface area contributed by atoms with Crippen LogP contribution in [-0.4, -0.2) is 46.3 Å². The summed E-state index contributed by atoms with van der Waals surface area (Å²) in [7, 11) is 0. The minimum atomic E-state index is -0.981. The Kier molecular flexibility index (Phi) is 9.32. The van der Waals surface area contributed by atoms with Crippen molar-refractivity contribution in [2.24, 2.45) is 0 Å². The number of ether oxygens (including phenoxy) is 3. The zero-order valence-electron chi connectivity index (χ0n) is 26.1. The quantitative estimate of drug-likeness (QED) is 0.0585. The molecule has 1 fully saturated rings. The number of aliphatic hydroxyl groups is 1. The molecule has 0 bridgehead atoms. The summed E-state index contributed by atoms with van der Waals surface area (Å²) in [6, 6.07) is 17.9. The van der Waals surface area contributed by atoms with E-state index in [0.29, 0.717) is 52.4 Å². The van der Waals surface area contributed by atoms with Crippen LogP contribution in [0.4, 0.5) is 5.13 Å².